The van der Waals surface area contributed by atoms with E-state index in [4.69, 9.17) is 11.6 Å². The van der Waals surface area contributed by atoms with E-state index in [1.807, 2.05) is 64.1 Å². The van der Waals surface area contributed by atoms with E-state index in [9.17, 15) is 9.59 Å². The number of Topliss-reactive ketones (excluding diaryl/α,β-unsaturated/α-hetero) is 1. The second-order valence-corrected chi connectivity index (χ2v) is 9.40. The average molecular weight is 424 g/mol. The van der Waals surface area contributed by atoms with Gasteiger partial charge in [-0.2, -0.15) is 5.10 Å². The van der Waals surface area contributed by atoms with E-state index in [0.717, 1.165) is 17.7 Å². The molecule has 0 radical (unpaired) electrons. The number of carbonyl (C=O) groups is 2. The van der Waals surface area contributed by atoms with E-state index in [1.54, 1.807) is 12.1 Å². The standard InChI is InChI=1S/C24H26ClN3O2/c1-15-17(25)11-8-12-18(15)26-21(30)24-14-13-23(4,22(24,2)3)19(20(24)29)28-27-16-9-6-5-7-10-16/h5-12,27H,13-14H2,1-4H3,(H,26,30)/b28-19+. The van der Waals surface area contributed by atoms with Crippen LogP contribution in [0.1, 0.15) is 39.2 Å². The summed E-state index contributed by atoms with van der Waals surface area (Å²) in [5, 5.41) is 8.07. The summed E-state index contributed by atoms with van der Waals surface area (Å²) in [6, 6.07) is 14.9. The molecule has 2 atom stereocenters. The summed E-state index contributed by atoms with van der Waals surface area (Å²) in [5.74, 6) is -0.474. The van der Waals surface area contributed by atoms with E-state index in [2.05, 4.69) is 15.8 Å². The first-order valence-electron chi connectivity index (χ1n) is 10.2. The summed E-state index contributed by atoms with van der Waals surface area (Å²) in [6.07, 6.45) is 1.23. The number of carbonyl (C=O) groups excluding carboxylic acids is 2. The molecule has 0 aliphatic heterocycles. The zero-order chi connectivity index (χ0) is 21.7. The number of benzene rings is 2. The van der Waals surface area contributed by atoms with Crippen LogP contribution in [0.2, 0.25) is 5.02 Å². The van der Waals surface area contributed by atoms with Crippen molar-refractivity contribution in [3.05, 3.63) is 59.1 Å². The number of hydrogen-bond acceptors (Lipinski definition) is 4. The Hall–Kier alpha value is -2.66. The Labute approximate surface area is 181 Å². The van der Waals surface area contributed by atoms with Crippen LogP contribution in [0.3, 0.4) is 0 Å². The van der Waals surface area contributed by atoms with Gasteiger partial charge in [-0.3, -0.25) is 15.0 Å². The van der Waals surface area contributed by atoms with Gasteiger partial charge in [0.15, 0.2) is 5.78 Å². The van der Waals surface area contributed by atoms with Gasteiger partial charge in [-0.05, 0) is 55.0 Å². The minimum absolute atomic E-state index is 0.193. The average Bonchev–Trinajstić information content (AvgIpc) is 3.00. The number of nitrogens with one attached hydrogen (secondary N) is 2. The highest BCUT2D eigenvalue weighted by Gasteiger charge is 2.76. The number of hydrazone groups is 1. The van der Waals surface area contributed by atoms with E-state index >= 15 is 0 Å². The fourth-order valence-electron chi connectivity index (χ4n) is 5.08. The first kappa shape index (κ1) is 20.6. The molecule has 2 aromatic rings. The molecule has 5 nitrogen and oxygen atoms in total. The maximum atomic E-state index is 13.7. The zero-order valence-corrected chi connectivity index (χ0v) is 18.4. The summed E-state index contributed by atoms with van der Waals surface area (Å²) in [4.78, 5) is 27.3. The number of hydrogen-bond donors (Lipinski definition) is 2. The van der Waals surface area contributed by atoms with Crippen molar-refractivity contribution in [2.45, 2.75) is 40.5 Å². The lowest BCUT2D eigenvalue weighted by Gasteiger charge is -2.37. The highest BCUT2D eigenvalue weighted by Crippen LogP contribution is 2.69. The van der Waals surface area contributed by atoms with E-state index in [0.29, 0.717) is 22.8 Å². The predicted octanol–water partition coefficient (Wildman–Crippen LogP) is 5.45. The Morgan fingerprint density at radius 2 is 1.73 bits per heavy atom. The zero-order valence-electron chi connectivity index (χ0n) is 17.7. The van der Waals surface area contributed by atoms with Gasteiger partial charge in [0.05, 0.1) is 5.69 Å². The van der Waals surface area contributed by atoms with E-state index < -0.39 is 16.2 Å². The summed E-state index contributed by atoms with van der Waals surface area (Å²) < 4.78 is 0. The van der Waals surface area contributed by atoms with Crippen LogP contribution in [0, 0.1) is 23.2 Å². The lowest BCUT2D eigenvalue weighted by Crippen LogP contribution is -2.47. The minimum atomic E-state index is -1.16. The van der Waals surface area contributed by atoms with Crippen LogP contribution in [0.4, 0.5) is 11.4 Å². The first-order valence-corrected chi connectivity index (χ1v) is 10.5. The molecule has 4 rings (SSSR count). The second-order valence-electron chi connectivity index (χ2n) is 9.00. The number of amides is 1. The Kier molecular flexibility index (Phi) is 4.77. The Morgan fingerprint density at radius 1 is 1.03 bits per heavy atom. The third-order valence-corrected chi connectivity index (χ3v) is 7.96. The van der Waals surface area contributed by atoms with Crippen molar-refractivity contribution in [2.24, 2.45) is 21.3 Å². The van der Waals surface area contributed by atoms with Crippen molar-refractivity contribution in [1.29, 1.82) is 0 Å². The Balaban J connectivity index is 1.71. The van der Waals surface area contributed by atoms with Gasteiger partial charge in [0.2, 0.25) is 5.91 Å². The summed E-state index contributed by atoms with van der Waals surface area (Å²) in [5.41, 5.74) is 3.44. The van der Waals surface area contributed by atoms with Crippen LogP contribution in [0.25, 0.3) is 0 Å². The highest BCUT2D eigenvalue weighted by molar-refractivity contribution is 6.51. The molecule has 156 valence electrons. The molecule has 2 bridgehead atoms. The number of rotatable bonds is 4. The van der Waals surface area contributed by atoms with Gasteiger partial charge in [-0.15, -0.1) is 0 Å². The molecule has 0 heterocycles. The molecule has 2 aliphatic carbocycles. The molecule has 2 unspecified atom stereocenters. The fraction of sp³-hybridized carbons (Fsp3) is 0.375. The SMILES string of the molecule is Cc1c(Cl)cccc1NC(=O)C12CCC(C)(/C(=N/Nc3ccccc3)C1=O)C2(C)C. The third-order valence-electron chi connectivity index (χ3n) is 7.55. The largest absolute Gasteiger partial charge is 0.325 e. The van der Waals surface area contributed by atoms with E-state index in [1.165, 1.54) is 0 Å². The van der Waals surface area contributed by atoms with Gasteiger partial charge < -0.3 is 5.32 Å². The third kappa shape index (κ3) is 2.64. The first-order chi connectivity index (χ1) is 14.1. The van der Waals surface area contributed by atoms with Gasteiger partial charge in [-0.1, -0.05) is 56.6 Å². The molecule has 0 aromatic heterocycles. The van der Waals surface area contributed by atoms with Crippen molar-refractivity contribution < 1.29 is 9.59 Å². The Bertz CT molecular complexity index is 1060. The summed E-state index contributed by atoms with van der Waals surface area (Å²) in [7, 11) is 0. The molecule has 30 heavy (non-hydrogen) atoms. The van der Waals surface area contributed by atoms with Gasteiger partial charge in [0.25, 0.3) is 0 Å². The summed E-state index contributed by atoms with van der Waals surface area (Å²) in [6.45, 7) is 7.91. The molecule has 1 amide bonds. The molecule has 6 heteroatoms. The number of nitrogens with zero attached hydrogens (tertiary/aromatic N) is 1. The molecule has 0 saturated heterocycles. The fourth-order valence-corrected chi connectivity index (χ4v) is 5.25. The second kappa shape index (κ2) is 6.95. The lowest BCUT2D eigenvalue weighted by molar-refractivity contribution is -0.140. The lowest BCUT2D eigenvalue weighted by atomic mass is 9.64. The van der Waals surface area contributed by atoms with Gasteiger partial charge in [0.1, 0.15) is 11.1 Å². The van der Waals surface area contributed by atoms with Gasteiger partial charge in [0, 0.05) is 16.1 Å². The van der Waals surface area contributed by atoms with E-state index in [-0.39, 0.29) is 11.7 Å². The molecular weight excluding hydrogens is 398 g/mol. The van der Waals surface area contributed by atoms with Crippen molar-refractivity contribution in [3.8, 4) is 0 Å². The molecular formula is C24H26ClN3O2. The molecule has 2 fully saturated rings. The summed E-state index contributed by atoms with van der Waals surface area (Å²) >= 11 is 6.22. The van der Waals surface area contributed by atoms with Crippen LogP contribution < -0.4 is 10.7 Å². The van der Waals surface area contributed by atoms with Crippen molar-refractivity contribution in [2.75, 3.05) is 10.7 Å². The number of halogens is 1. The van der Waals surface area contributed by atoms with Crippen LogP contribution in [0.5, 0.6) is 0 Å². The molecule has 2 saturated carbocycles. The van der Waals surface area contributed by atoms with Crippen LogP contribution in [0.15, 0.2) is 53.6 Å². The monoisotopic (exact) mass is 423 g/mol. The van der Waals surface area contributed by atoms with Gasteiger partial charge in [-0.25, -0.2) is 0 Å². The molecule has 2 aromatic carbocycles. The van der Waals surface area contributed by atoms with Gasteiger partial charge >= 0.3 is 0 Å². The topological polar surface area (TPSA) is 70.6 Å². The van der Waals surface area contributed by atoms with Crippen molar-refractivity contribution in [3.63, 3.8) is 0 Å². The molecule has 0 spiro atoms. The molecule has 2 aliphatic rings. The normalized spacial score (nSPS) is 28.0. The number of fused-ring (bicyclic) bond motifs is 2. The number of para-hydroxylation sites is 1. The quantitative estimate of drug-likeness (QED) is 0.507. The maximum Gasteiger partial charge on any atom is 0.239 e. The predicted molar refractivity (Wildman–Crippen MR) is 121 cm³/mol. The smallest absolute Gasteiger partial charge is 0.239 e. The number of anilines is 2. The van der Waals surface area contributed by atoms with Crippen LogP contribution >= 0.6 is 11.6 Å². The van der Waals surface area contributed by atoms with Crippen molar-refractivity contribution >= 4 is 40.4 Å². The number of ketones is 1. The highest BCUT2D eigenvalue weighted by atomic mass is 35.5. The minimum Gasteiger partial charge on any atom is -0.325 e. The van der Waals surface area contributed by atoms with Crippen LogP contribution in [-0.4, -0.2) is 17.4 Å². The Morgan fingerprint density at radius 3 is 2.43 bits per heavy atom. The van der Waals surface area contributed by atoms with Crippen LogP contribution in [-0.2, 0) is 9.59 Å². The van der Waals surface area contributed by atoms with Crippen molar-refractivity contribution in [1.82, 2.24) is 0 Å². The molecule has 2 N–H and O–H groups in total. The maximum absolute atomic E-state index is 13.7.